The number of hydrogen-bond donors (Lipinski definition) is 1. The molecule has 1 atom stereocenters. The number of rotatable bonds is 5. The molecule has 0 aliphatic carbocycles. The molecule has 0 aromatic heterocycles. The predicted octanol–water partition coefficient (Wildman–Crippen LogP) is 2.27. The molecule has 0 bridgehead atoms. The zero-order valence-corrected chi connectivity index (χ0v) is 16.9. The lowest BCUT2D eigenvalue weighted by atomic mass is 10.0. The van der Waals surface area contributed by atoms with Gasteiger partial charge < -0.3 is 5.32 Å². The number of carbonyl (C=O) groups is 1. The van der Waals surface area contributed by atoms with Crippen molar-refractivity contribution < 1.29 is 17.6 Å². The number of piperidine rings is 1. The number of likely N-dealkylation sites (tertiary alicyclic amines) is 1. The second-order valence-electron chi connectivity index (χ2n) is 6.34. The number of hydrogen-bond acceptors (Lipinski definition) is 4. The molecule has 1 N–H and O–H groups in total. The molecule has 1 heterocycles. The Kier molecular flexibility index (Phi) is 6.58. The molecule has 25 heavy (non-hydrogen) atoms. The highest BCUT2D eigenvalue weighted by molar-refractivity contribution is 9.10. The molecule has 1 aromatic carbocycles. The number of amides is 1. The fraction of sp³-hybridized carbons (Fsp3) is 0.562. The van der Waals surface area contributed by atoms with Gasteiger partial charge in [-0.25, -0.2) is 17.1 Å². The quantitative estimate of drug-likeness (QED) is 0.769. The van der Waals surface area contributed by atoms with Crippen LogP contribution in [-0.2, 0) is 14.8 Å². The molecular weight excluding hydrogens is 413 g/mol. The summed E-state index contributed by atoms with van der Waals surface area (Å²) < 4.78 is 39.1. The van der Waals surface area contributed by atoms with Crippen LogP contribution in [0.2, 0.25) is 0 Å². The topological polar surface area (TPSA) is 69.7 Å². The first-order valence-corrected chi connectivity index (χ1v) is 10.7. The van der Waals surface area contributed by atoms with Crippen LogP contribution in [0.25, 0.3) is 0 Å². The third-order valence-electron chi connectivity index (χ3n) is 4.65. The molecule has 1 aliphatic heterocycles. The second-order valence-corrected chi connectivity index (χ2v) is 9.29. The number of carbonyl (C=O) groups excluding carboxylic acids is 1. The average molecular weight is 436 g/mol. The third-order valence-corrected chi connectivity index (χ3v) is 6.49. The summed E-state index contributed by atoms with van der Waals surface area (Å²) in [4.78, 5) is 14.4. The smallest absolute Gasteiger partial charge is 0.241 e. The van der Waals surface area contributed by atoms with Gasteiger partial charge in [0, 0.05) is 30.7 Å². The van der Waals surface area contributed by atoms with E-state index in [4.69, 9.17) is 0 Å². The van der Waals surface area contributed by atoms with Gasteiger partial charge in [0.2, 0.25) is 15.9 Å². The lowest BCUT2D eigenvalue weighted by molar-refractivity contribution is -0.121. The summed E-state index contributed by atoms with van der Waals surface area (Å²) >= 11 is 3.18. The standard InChI is InChI=1S/C16H23BrFN3O3S/c1-11(16(22)19-15-5-4-12(17)10-14(15)18)21-8-6-13(7-9-21)20(2)25(3,23)24/h4-5,10-11,13H,6-9H2,1-3H3,(H,19,22). The molecule has 1 aromatic rings. The maximum atomic E-state index is 13.8. The van der Waals surface area contributed by atoms with Gasteiger partial charge in [0.05, 0.1) is 18.0 Å². The van der Waals surface area contributed by atoms with Gasteiger partial charge in [0.15, 0.2) is 0 Å². The maximum absolute atomic E-state index is 13.8. The lowest BCUT2D eigenvalue weighted by Crippen LogP contribution is -2.50. The van der Waals surface area contributed by atoms with Crippen molar-refractivity contribution in [1.29, 1.82) is 0 Å². The molecule has 1 fully saturated rings. The second kappa shape index (κ2) is 8.11. The van der Waals surface area contributed by atoms with Crippen LogP contribution >= 0.6 is 15.9 Å². The van der Waals surface area contributed by atoms with E-state index < -0.39 is 21.9 Å². The largest absolute Gasteiger partial charge is 0.322 e. The molecule has 2 rings (SSSR count). The molecule has 140 valence electrons. The highest BCUT2D eigenvalue weighted by Gasteiger charge is 2.31. The first kappa shape index (κ1) is 20.3. The SMILES string of the molecule is CC(C(=O)Nc1ccc(Br)cc1F)N1CCC(N(C)S(C)(=O)=O)CC1. The molecule has 0 spiro atoms. The van der Waals surface area contributed by atoms with Crippen LogP contribution in [0, 0.1) is 5.82 Å². The van der Waals surface area contributed by atoms with Gasteiger partial charge in [-0.1, -0.05) is 15.9 Å². The van der Waals surface area contributed by atoms with Crippen molar-refractivity contribution in [3.05, 3.63) is 28.5 Å². The van der Waals surface area contributed by atoms with Gasteiger partial charge in [-0.15, -0.1) is 0 Å². The van der Waals surface area contributed by atoms with Crippen molar-refractivity contribution in [2.24, 2.45) is 0 Å². The number of nitrogens with one attached hydrogen (secondary N) is 1. The number of sulfonamides is 1. The Labute approximate surface area is 156 Å². The van der Waals surface area contributed by atoms with E-state index in [1.165, 1.54) is 22.7 Å². The highest BCUT2D eigenvalue weighted by atomic mass is 79.9. The minimum absolute atomic E-state index is 0.0505. The van der Waals surface area contributed by atoms with E-state index in [-0.39, 0.29) is 17.6 Å². The van der Waals surface area contributed by atoms with E-state index in [0.717, 1.165) is 0 Å². The van der Waals surface area contributed by atoms with E-state index in [9.17, 15) is 17.6 Å². The summed E-state index contributed by atoms with van der Waals surface area (Å²) in [5.74, 6) is -0.778. The Morgan fingerprint density at radius 3 is 2.52 bits per heavy atom. The Bertz CT molecular complexity index is 736. The van der Waals surface area contributed by atoms with E-state index in [1.807, 2.05) is 4.90 Å². The van der Waals surface area contributed by atoms with Crippen molar-refractivity contribution in [1.82, 2.24) is 9.21 Å². The molecular formula is C16H23BrFN3O3S. The number of anilines is 1. The molecule has 0 saturated carbocycles. The third kappa shape index (κ3) is 5.22. The molecule has 1 aliphatic rings. The summed E-state index contributed by atoms with van der Waals surface area (Å²) in [6.07, 6.45) is 2.52. The molecule has 1 amide bonds. The van der Waals surface area contributed by atoms with Crippen LogP contribution in [0.4, 0.5) is 10.1 Å². The fourth-order valence-electron chi connectivity index (χ4n) is 2.90. The van der Waals surface area contributed by atoms with Gasteiger partial charge in [0.25, 0.3) is 0 Å². The number of halogens is 2. The minimum Gasteiger partial charge on any atom is -0.322 e. The van der Waals surface area contributed by atoms with Crippen LogP contribution in [0.15, 0.2) is 22.7 Å². The highest BCUT2D eigenvalue weighted by Crippen LogP contribution is 2.22. The minimum atomic E-state index is -3.22. The number of benzene rings is 1. The van der Waals surface area contributed by atoms with Crippen molar-refractivity contribution in [2.75, 3.05) is 31.7 Å². The van der Waals surface area contributed by atoms with Crippen LogP contribution in [0.1, 0.15) is 19.8 Å². The Hall–Kier alpha value is -1.03. The van der Waals surface area contributed by atoms with Crippen LogP contribution < -0.4 is 5.32 Å². The van der Waals surface area contributed by atoms with Crippen LogP contribution in [-0.4, -0.2) is 62.0 Å². The van der Waals surface area contributed by atoms with Gasteiger partial charge in [-0.2, -0.15) is 0 Å². The molecule has 6 nitrogen and oxygen atoms in total. The zero-order chi connectivity index (χ0) is 18.8. The molecule has 1 unspecified atom stereocenters. The van der Waals surface area contributed by atoms with Crippen molar-refractivity contribution in [3.8, 4) is 0 Å². The van der Waals surface area contributed by atoms with Gasteiger partial charge in [-0.05, 0) is 38.0 Å². The van der Waals surface area contributed by atoms with Crippen molar-refractivity contribution >= 4 is 37.5 Å². The van der Waals surface area contributed by atoms with E-state index in [1.54, 1.807) is 20.0 Å². The summed E-state index contributed by atoms with van der Waals surface area (Å²) in [6.45, 7) is 3.00. The first-order valence-electron chi connectivity index (χ1n) is 8.02. The van der Waals surface area contributed by atoms with Crippen LogP contribution in [0.5, 0.6) is 0 Å². The Morgan fingerprint density at radius 2 is 2.00 bits per heavy atom. The zero-order valence-electron chi connectivity index (χ0n) is 14.5. The summed E-state index contributed by atoms with van der Waals surface area (Å²) in [5, 5.41) is 2.61. The van der Waals surface area contributed by atoms with Crippen molar-refractivity contribution in [3.63, 3.8) is 0 Å². The normalized spacial score (nSPS) is 18.3. The monoisotopic (exact) mass is 435 g/mol. The van der Waals surface area contributed by atoms with Gasteiger partial charge >= 0.3 is 0 Å². The van der Waals surface area contributed by atoms with E-state index in [0.29, 0.717) is 30.4 Å². The summed E-state index contributed by atoms with van der Waals surface area (Å²) in [6, 6.07) is 4.00. The molecule has 9 heteroatoms. The van der Waals surface area contributed by atoms with Gasteiger partial charge in [-0.3, -0.25) is 9.69 Å². The van der Waals surface area contributed by atoms with Gasteiger partial charge in [0.1, 0.15) is 5.82 Å². The number of nitrogens with zero attached hydrogens (tertiary/aromatic N) is 2. The predicted molar refractivity (Wildman–Crippen MR) is 99.4 cm³/mol. The average Bonchev–Trinajstić information content (AvgIpc) is 2.55. The first-order chi connectivity index (χ1) is 11.6. The summed E-state index contributed by atoms with van der Waals surface area (Å²) in [7, 11) is -1.63. The van der Waals surface area contributed by atoms with E-state index >= 15 is 0 Å². The lowest BCUT2D eigenvalue weighted by Gasteiger charge is -2.38. The maximum Gasteiger partial charge on any atom is 0.241 e. The summed E-state index contributed by atoms with van der Waals surface area (Å²) in [5.41, 5.74) is 0.145. The molecule has 1 saturated heterocycles. The Morgan fingerprint density at radius 1 is 1.40 bits per heavy atom. The fourth-order valence-corrected chi connectivity index (χ4v) is 3.99. The Balaban J connectivity index is 1.93. The van der Waals surface area contributed by atoms with Crippen molar-refractivity contribution in [2.45, 2.75) is 31.8 Å². The van der Waals surface area contributed by atoms with E-state index in [2.05, 4.69) is 21.2 Å². The van der Waals surface area contributed by atoms with Crippen LogP contribution in [0.3, 0.4) is 0 Å². The molecule has 0 radical (unpaired) electrons.